The summed E-state index contributed by atoms with van der Waals surface area (Å²) in [4.78, 5) is 70.3. The van der Waals surface area contributed by atoms with Crippen LogP contribution in [0.5, 0.6) is 0 Å². The number of benzene rings is 1. The van der Waals surface area contributed by atoms with Gasteiger partial charge in [0.1, 0.15) is 12.0 Å². The Bertz CT molecular complexity index is 1630. The van der Waals surface area contributed by atoms with E-state index < -0.39 is 101 Å². The van der Waals surface area contributed by atoms with Crippen LogP contribution in [-0.2, 0) is 42.8 Å². The molecule has 3 heterocycles. The van der Waals surface area contributed by atoms with Crippen LogP contribution in [0, 0.1) is 11.8 Å². The van der Waals surface area contributed by atoms with Crippen LogP contribution in [0.15, 0.2) is 54.3 Å². The fourth-order valence-corrected chi connectivity index (χ4v) is 7.87. The number of Topliss-reactive ketones (excluding diaryl/α,β-unsaturated/α-hetero) is 2. The predicted octanol–water partition coefficient (Wildman–Crippen LogP) is 5.26. The molecule has 13 nitrogen and oxygen atoms in total. The van der Waals surface area contributed by atoms with Crippen LogP contribution in [-0.4, -0.2) is 109 Å². The van der Waals surface area contributed by atoms with Crippen LogP contribution in [0.2, 0.25) is 0 Å². The van der Waals surface area contributed by atoms with Gasteiger partial charge in [-0.2, -0.15) is 0 Å². The molecule has 1 aromatic rings. The zero-order valence-electron chi connectivity index (χ0n) is 32.9. The van der Waals surface area contributed by atoms with E-state index in [4.69, 9.17) is 28.4 Å². The van der Waals surface area contributed by atoms with Crippen molar-refractivity contribution < 1.29 is 56.8 Å². The summed E-state index contributed by atoms with van der Waals surface area (Å²) in [6.45, 7) is 15.4. The molecule has 0 spiro atoms. The Morgan fingerprint density at radius 1 is 1.09 bits per heavy atom. The molecule has 4 rings (SSSR count). The number of halogens is 1. The summed E-state index contributed by atoms with van der Waals surface area (Å²) in [5.74, 6) is -5.77. The highest BCUT2D eigenvalue weighted by Gasteiger charge is 2.56. The Kier molecular flexibility index (Phi) is 13.3. The number of carbonyl (C=O) groups excluding carboxylic acids is 5. The second-order valence-electron chi connectivity index (χ2n) is 15.4. The lowest BCUT2D eigenvalue weighted by Crippen LogP contribution is -2.61. The maximum atomic E-state index is 17.3. The van der Waals surface area contributed by atoms with Gasteiger partial charge in [0, 0.05) is 17.9 Å². The van der Waals surface area contributed by atoms with E-state index in [9.17, 15) is 24.0 Å². The van der Waals surface area contributed by atoms with Crippen molar-refractivity contribution in [3.05, 3.63) is 59.8 Å². The summed E-state index contributed by atoms with van der Waals surface area (Å²) in [5, 5.41) is 2.51. The lowest BCUT2D eigenvalue weighted by Gasteiger charge is -2.48. The number of cyclic esters (lactones) is 1. The molecule has 14 heteroatoms. The molecule has 2 saturated heterocycles. The van der Waals surface area contributed by atoms with Crippen molar-refractivity contribution in [1.82, 2.24) is 10.2 Å². The van der Waals surface area contributed by atoms with Crippen molar-refractivity contribution in [2.24, 2.45) is 11.8 Å². The minimum absolute atomic E-state index is 0.0608. The monoisotopic (exact) mass is 758 g/mol. The minimum Gasteiger partial charge on any atom is -0.457 e. The van der Waals surface area contributed by atoms with Crippen LogP contribution in [0.3, 0.4) is 0 Å². The number of nitrogens with zero attached hydrogens (tertiary/aromatic N) is 1. The number of carbonyl (C=O) groups is 5. The zero-order chi connectivity index (χ0) is 40.3. The number of esters is 2. The summed E-state index contributed by atoms with van der Waals surface area (Å²) in [7, 11) is 3.65. The molecule has 1 amide bonds. The quantitative estimate of drug-likeness (QED) is 0.151. The number of nitrogens with one attached hydrogen (secondary N) is 1. The average Bonchev–Trinajstić information content (AvgIpc) is 3.44. The standard InChI is InChI=1S/C40H55FN2O11/c1-12-19-49-39(8)21-38(7,41)32(45)25(6)31-40(9,54-37(48)42-31)28(13-2)51-34(46)24(5)29(44)23(4)33(39)53-36-30(27(43(10)11)20-22(3)50-36)52-35(47)26-17-15-14-16-18-26/h12,14-18,22-24,27-28,30,33,36H,1,13,19-21H2,2-11H3,(H,42,48)/t22-,23+,24-,27+,28-,30-,33-,36+,38+,39-,40-/m1/s1. The number of allylic oxidation sites excluding steroid dienone is 1. The van der Waals surface area contributed by atoms with Gasteiger partial charge < -0.3 is 33.3 Å². The van der Waals surface area contributed by atoms with Crippen LogP contribution in [0.1, 0.15) is 85.0 Å². The smallest absolute Gasteiger partial charge is 0.412 e. The van der Waals surface area contributed by atoms with Crippen molar-refractivity contribution in [3.63, 3.8) is 0 Å². The van der Waals surface area contributed by atoms with E-state index in [-0.39, 0.29) is 24.3 Å². The number of alkyl carbamates (subject to hydrolysis) is 1. The van der Waals surface area contributed by atoms with E-state index >= 15 is 4.39 Å². The first-order valence-electron chi connectivity index (χ1n) is 18.4. The molecule has 11 atom stereocenters. The van der Waals surface area contributed by atoms with Crippen LogP contribution >= 0.6 is 0 Å². The number of ether oxygens (including phenoxy) is 6. The van der Waals surface area contributed by atoms with Gasteiger partial charge in [-0.05, 0) is 80.6 Å². The molecule has 0 saturated carbocycles. The van der Waals surface area contributed by atoms with Crippen molar-refractivity contribution in [2.45, 2.75) is 128 Å². The summed E-state index contributed by atoms with van der Waals surface area (Å²) in [5.41, 5.74) is -6.10. The molecule has 0 bridgehead atoms. The topological polar surface area (TPSA) is 156 Å². The third kappa shape index (κ3) is 8.77. The number of amides is 1. The van der Waals surface area contributed by atoms with E-state index in [1.54, 1.807) is 37.3 Å². The molecule has 1 N–H and O–H groups in total. The molecule has 54 heavy (non-hydrogen) atoms. The number of ketones is 2. The maximum absolute atomic E-state index is 17.3. The highest BCUT2D eigenvalue weighted by Crippen LogP contribution is 2.42. The number of rotatable bonds is 9. The maximum Gasteiger partial charge on any atom is 0.412 e. The van der Waals surface area contributed by atoms with Crippen LogP contribution < -0.4 is 5.32 Å². The minimum atomic E-state index is -2.69. The fourth-order valence-electron chi connectivity index (χ4n) is 7.87. The van der Waals surface area contributed by atoms with Crippen molar-refractivity contribution in [1.29, 1.82) is 0 Å². The average molecular weight is 759 g/mol. The number of fused-ring (bicyclic) bond motifs is 1. The second kappa shape index (κ2) is 16.8. The number of hydrogen-bond acceptors (Lipinski definition) is 12. The Hall–Kier alpha value is -3.98. The summed E-state index contributed by atoms with van der Waals surface area (Å²) in [6, 6.07) is 7.97. The molecule has 298 valence electrons. The van der Waals surface area contributed by atoms with E-state index in [2.05, 4.69) is 11.9 Å². The van der Waals surface area contributed by atoms with E-state index in [0.29, 0.717) is 12.0 Å². The molecular weight excluding hydrogens is 703 g/mol. The molecule has 0 aliphatic carbocycles. The first-order chi connectivity index (χ1) is 25.2. The van der Waals surface area contributed by atoms with Gasteiger partial charge in [0.05, 0.1) is 41.7 Å². The molecule has 0 aromatic heterocycles. The highest BCUT2D eigenvalue weighted by molar-refractivity contribution is 6.03. The molecule has 3 aliphatic rings. The lowest BCUT2D eigenvalue weighted by atomic mass is 9.75. The first kappa shape index (κ1) is 42.8. The molecule has 3 aliphatic heterocycles. The van der Waals surface area contributed by atoms with Crippen LogP contribution in [0.4, 0.5) is 9.18 Å². The summed E-state index contributed by atoms with van der Waals surface area (Å²) < 4.78 is 54.1. The third-order valence-electron chi connectivity index (χ3n) is 10.7. The molecule has 0 unspecified atom stereocenters. The molecular formula is C40H55FN2O11. The molecule has 0 radical (unpaired) electrons. The predicted molar refractivity (Wildman–Crippen MR) is 195 cm³/mol. The zero-order valence-corrected chi connectivity index (χ0v) is 32.9. The Morgan fingerprint density at radius 3 is 2.33 bits per heavy atom. The third-order valence-corrected chi connectivity index (χ3v) is 10.7. The van der Waals surface area contributed by atoms with Gasteiger partial charge in [0.15, 0.2) is 35.2 Å². The Morgan fingerprint density at radius 2 is 1.74 bits per heavy atom. The van der Waals surface area contributed by atoms with Gasteiger partial charge >= 0.3 is 18.0 Å². The second-order valence-corrected chi connectivity index (χ2v) is 15.4. The Balaban J connectivity index is 1.89. The van der Waals surface area contributed by atoms with Crippen molar-refractivity contribution in [2.75, 3.05) is 20.7 Å². The fraction of sp³-hybridized carbons (Fsp3) is 0.625. The van der Waals surface area contributed by atoms with Crippen molar-refractivity contribution in [3.8, 4) is 0 Å². The van der Waals surface area contributed by atoms with Gasteiger partial charge in [0.2, 0.25) is 0 Å². The van der Waals surface area contributed by atoms with Gasteiger partial charge in [0.25, 0.3) is 0 Å². The van der Waals surface area contributed by atoms with Gasteiger partial charge in [-0.1, -0.05) is 38.1 Å². The Labute approximate surface area is 316 Å². The SMILES string of the molecule is C=CCO[C@]1(C)C[C@](C)(F)C(=O)C(C)=C2NC(=O)O[C@]2(C)[C@@H](CC)OC(=O)[C@H](C)C(=O)[C@H](C)[C@H]1O[C@@H]1O[C@H](C)C[C@H](N(C)C)[C@H]1OC(=O)c1ccccc1. The number of likely N-dealkylation sites (N-methyl/N-ethyl adjacent to an activating group) is 1. The summed E-state index contributed by atoms with van der Waals surface area (Å²) in [6.07, 6.45) is -4.90. The highest BCUT2D eigenvalue weighted by atomic mass is 19.1. The van der Waals surface area contributed by atoms with Gasteiger partial charge in [-0.15, -0.1) is 6.58 Å². The number of hydrogen-bond donors (Lipinski definition) is 1. The normalized spacial score (nSPS) is 36.8. The van der Waals surface area contributed by atoms with E-state index in [1.807, 2.05) is 25.9 Å². The molecule has 1 aromatic carbocycles. The largest absolute Gasteiger partial charge is 0.457 e. The van der Waals surface area contributed by atoms with E-state index in [0.717, 1.165) is 6.92 Å². The molecule has 2 fully saturated rings. The summed E-state index contributed by atoms with van der Waals surface area (Å²) >= 11 is 0. The van der Waals surface area contributed by atoms with Crippen molar-refractivity contribution >= 4 is 29.6 Å². The lowest BCUT2D eigenvalue weighted by molar-refractivity contribution is -0.297. The number of alkyl halides is 1. The van der Waals surface area contributed by atoms with Crippen LogP contribution in [0.25, 0.3) is 0 Å². The van der Waals surface area contributed by atoms with Gasteiger partial charge in [-0.25, -0.2) is 14.0 Å². The van der Waals surface area contributed by atoms with Gasteiger partial charge in [-0.3, -0.25) is 19.7 Å². The first-order valence-corrected chi connectivity index (χ1v) is 18.4. The van der Waals surface area contributed by atoms with E-state index in [1.165, 1.54) is 40.7 Å².